The van der Waals surface area contributed by atoms with Gasteiger partial charge in [0.05, 0.1) is 24.6 Å². The van der Waals surface area contributed by atoms with Crippen LogP contribution in [-0.2, 0) is 13.1 Å². The first-order valence-electron chi connectivity index (χ1n) is 8.73. The Hall–Kier alpha value is -2.02. The molecule has 1 fully saturated rings. The minimum absolute atomic E-state index is 0.400. The average Bonchev–Trinajstić information content (AvgIpc) is 2.95. The van der Waals surface area contributed by atoms with E-state index in [1.807, 2.05) is 12.3 Å². The van der Waals surface area contributed by atoms with Crippen molar-refractivity contribution in [3.8, 4) is 0 Å². The lowest BCUT2D eigenvalue weighted by Crippen LogP contribution is -2.39. The molecule has 0 N–H and O–H groups in total. The second-order valence-corrected chi connectivity index (χ2v) is 6.81. The molecule has 0 aliphatic carbocycles. The quantitative estimate of drug-likeness (QED) is 0.861. The minimum Gasteiger partial charge on any atom is -0.335 e. The summed E-state index contributed by atoms with van der Waals surface area (Å²) in [5.41, 5.74) is 1.16. The van der Waals surface area contributed by atoms with Crippen LogP contribution < -0.4 is 4.90 Å². The van der Waals surface area contributed by atoms with Crippen molar-refractivity contribution in [1.29, 1.82) is 0 Å². The van der Waals surface area contributed by atoms with Crippen molar-refractivity contribution >= 4 is 5.95 Å². The van der Waals surface area contributed by atoms with Crippen molar-refractivity contribution in [3.05, 3.63) is 36.2 Å². The molecule has 4 rings (SSSR count). The van der Waals surface area contributed by atoms with Crippen LogP contribution in [0, 0.1) is 11.7 Å². The number of piperidine rings is 1. The predicted molar refractivity (Wildman–Crippen MR) is 89.0 cm³/mol. The van der Waals surface area contributed by atoms with Gasteiger partial charge in [0, 0.05) is 31.7 Å². The maximum absolute atomic E-state index is 13.1. The third-order valence-corrected chi connectivity index (χ3v) is 4.92. The number of likely N-dealkylation sites (tertiary alicyclic amines) is 1. The zero-order valence-electron chi connectivity index (χ0n) is 13.8. The molecule has 4 heterocycles. The van der Waals surface area contributed by atoms with Gasteiger partial charge in [0.25, 0.3) is 0 Å². The highest BCUT2D eigenvalue weighted by molar-refractivity contribution is 5.31. The summed E-state index contributed by atoms with van der Waals surface area (Å²) in [7, 11) is 0. The van der Waals surface area contributed by atoms with Crippen LogP contribution in [0.2, 0.25) is 0 Å². The van der Waals surface area contributed by atoms with Crippen LogP contribution in [0.15, 0.2) is 24.7 Å². The number of rotatable bonds is 3. The zero-order valence-corrected chi connectivity index (χ0v) is 13.8. The third-order valence-electron chi connectivity index (χ3n) is 4.92. The van der Waals surface area contributed by atoms with E-state index in [2.05, 4.69) is 29.5 Å². The molecule has 0 bridgehead atoms. The normalized spacial score (nSPS) is 22.2. The van der Waals surface area contributed by atoms with Gasteiger partial charge >= 0.3 is 0 Å². The van der Waals surface area contributed by atoms with Gasteiger partial charge in [-0.1, -0.05) is 6.42 Å². The second-order valence-electron chi connectivity index (χ2n) is 6.81. The van der Waals surface area contributed by atoms with Gasteiger partial charge in [-0.15, -0.1) is 0 Å². The Bertz CT molecular complexity index is 664. The molecule has 0 radical (unpaired) electrons. The summed E-state index contributed by atoms with van der Waals surface area (Å²) in [6.07, 6.45) is 8.27. The fraction of sp³-hybridized carbons (Fsp3) is 0.588. The van der Waals surface area contributed by atoms with Crippen molar-refractivity contribution < 1.29 is 4.39 Å². The van der Waals surface area contributed by atoms with Crippen LogP contribution in [0.1, 0.15) is 25.0 Å². The molecule has 0 spiro atoms. The number of aromatic nitrogens is 4. The molecule has 1 atom stereocenters. The first-order valence-corrected chi connectivity index (χ1v) is 8.73. The molecule has 2 aliphatic rings. The number of anilines is 1. The SMILES string of the molecule is Fc1cnc(N2Cc3ccnn3C[C@@H](CN3CCCCC3)C2)nc1. The average molecular weight is 330 g/mol. The smallest absolute Gasteiger partial charge is 0.225 e. The maximum atomic E-state index is 13.1. The summed E-state index contributed by atoms with van der Waals surface area (Å²) in [5.74, 6) is 0.649. The van der Waals surface area contributed by atoms with E-state index in [0.29, 0.717) is 18.4 Å². The van der Waals surface area contributed by atoms with Crippen LogP contribution in [0.3, 0.4) is 0 Å². The van der Waals surface area contributed by atoms with Crippen molar-refractivity contribution in [2.75, 3.05) is 31.1 Å². The van der Waals surface area contributed by atoms with Crippen molar-refractivity contribution in [3.63, 3.8) is 0 Å². The fourth-order valence-corrected chi connectivity index (χ4v) is 3.78. The lowest BCUT2D eigenvalue weighted by Gasteiger charge is -2.31. The molecule has 2 aromatic rings. The molecular formula is C17H23FN6. The van der Waals surface area contributed by atoms with Gasteiger partial charge in [-0.2, -0.15) is 5.10 Å². The Labute approximate surface area is 141 Å². The lowest BCUT2D eigenvalue weighted by atomic mass is 10.1. The van der Waals surface area contributed by atoms with E-state index in [9.17, 15) is 4.39 Å². The molecule has 2 aliphatic heterocycles. The number of halogens is 1. The molecule has 1 saturated heterocycles. The molecule has 0 unspecified atom stereocenters. The van der Waals surface area contributed by atoms with Crippen molar-refractivity contribution in [2.45, 2.75) is 32.4 Å². The van der Waals surface area contributed by atoms with E-state index in [0.717, 1.165) is 25.3 Å². The van der Waals surface area contributed by atoms with Crippen LogP contribution in [0.4, 0.5) is 10.3 Å². The Morgan fingerprint density at radius 3 is 2.67 bits per heavy atom. The van der Waals surface area contributed by atoms with Crippen LogP contribution in [-0.4, -0.2) is 50.8 Å². The van der Waals surface area contributed by atoms with E-state index in [-0.39, 0.29) is 0 Å². The molecule has 0 amide bonds. The Morgan fingerprint density at radius 1 is 1.08 bits per heavy atom. The van der Waals surface area contributed by atoms with Gasteiger partial charge in [0.2, 0.25) is 5.95 Å². The molecule has 7 heteroatoms. The fourth-order valence-electron chi connectivity index (χ4n) is 3.78. The van der Waals surface area contributed by atoms with Crippen molar-refractivity contribution in [1.82, 2.24) is 24.6 Å². The topological polar surface area (TPSA) is 50.1 Å². The zero-order chi connectivity index (χ0) is 16.4. The number of hydrogen-bond acceptors (Lipinski definition) is 5. The van der Waals surface area contributed by atoms with Gasteiger partial charge in [-0.3, -0.25) is 4.68 Å². The van der Waals surface area contributed by atoms with Crippen LogP contribution in [0.5, 0.6) is 0 Å². The van der Waals surface area contributed by atoms with E-state index in [4.69, 9.17) is 0 Å². The number of nitrogens with zero attached hydrogens (tertiary/aromatic N) is 6. The monoisotopic (exact) mass is 330 g/mol. The third kappa shape index (κ3) is 3.40. The van der Waals surface area contributed by atoms with E-state index in [1.54, 1.807) is 0 Å². The summed E-state index contributed by atoms with van der Waals surface area (Å²) in [5, 5.41) is 4.47. The molecule has 6 nitrogen and oxygen atoms in total. The lowest BCUT2D eigenvalue weighted by molar-refractivity contribution is 0.187. The first-order chi connectivity index (χ1) is 11.8. The van der Waals surface area contributed by atoms with Gasteiger partial charge in [-0.05, 0) is 32.0 Å². The predicted octanol–water partition coefficient (Wildman–Crippen LogP) is 1.93. The van der Waals surface area contributed by atoms with Crippen LogP contribution in [0.25, 0.3) is 0 Å². The highest BCUT2D eigenvalue weighted by Crippen LogP contribution is 2.21. The van der Waals surface area contributed by atoms with E-state index in [1.165, 1.54) is 44.7 Å². The largest absolute Gasteiger partial charge is 0.335 e. The molecular weight excluding hydrogens is 307 g/mol. The summed E-state index contributed by atoms with van der Waals surface area (Å²) in [6.45, 7) is 5.94. The van der Waals surface area contributed by atoms with Gasteiger partial charge in [-0.25, -0.2) is 14.4 Å². The Morgan fingerprint density at radius 2 is 1.88 bits per heavy atom. The number of fused-ring (bicyclic) bond motifs is 1. The van der Waals surface area contributed by atoms with E-state index >= 15 is 0 Å². The van der Waals surface area contributed by atoms with Gasteiger partial charge in [0.15, 0.2) is 5.82 Å². The second kappa shape index (κ2) is 6.84. The first kappa shape index (κ1) is 15.5. The molecule has 0 aromatic carbocycles. The molecule has 2 aromatic heterocycles. The summed E-state index contributed by atoms with van der Waals surface area (Å²) in [6, 6.07) is 2.04. The van der Waals surface area contributed by atoms with Crippen LogP contribution >= 0.6 is 0 Å². The summed E-state index contributed by atoms with van der Waals surface area (Å²) >= 11 is 0. The highest BCUT2D eigenvalue weighted by atomic mass is 19.1. The summed E-state index contributed by atoms with van der Waals surface area (Å²) < 4.78 is 15.2. The number of hydrogen-bond donors (Lipinski definition) is 0. The van der Waals surface area contributed by atoms with Crippen molar-refractivity contribution in [2.24, 2.45) is 5.92 Å². The maximum Gasteiger partial charge on any atom is 0.225 e. The Kier molecular flexibility index (Phi) is 4.42. The Balaban J connectivity index is 1.54. The van der Waals surface area contributed by atoms with Gasteiger partial charge < -0.3 is 9.80 Å². The highest BCUT2D eigenvalue weighted by Gasteiger charge is 2.26. The minimum atomic E-state index is -0.400. The molecule has 0 saturated carbocycles. The molecule has 24 heavy (non-hydrogen) atoms. The standard InChI is InChI=1S/C17H23FN6/c18-15-8-19-17(20-9-15)23-11-14(10-22-6-2-1-3-7-22)12-24-16(13-23)4-5-21-24/h4-5,8-9,14H,1-3,6-7,10-13H2/t14-/m0/s1. The van der Waals surface area contributed by atoms with Gasteiger partial charge in [0.1, 0.15) is 0 Å². The molecule has 128 valence electrons. The van der Waals surface area contributed by atoms with E-state index < -0.39 is 5.82 Å². The summed E-state index contributed by atoms with van der Waals surface area (Å²) in [4.78, 5) is 13.1.